The number of nitrogens with one attached hydrogen (secondary N) is 1. The van der Waals surface area contributed by atoms with E-state index in [1.54, 1.807) is 24.6 Å². The summed E-state index contributed by atoms with van der Waals surface area (Å²) < 4.78 is 5.11. The largest absolute Gasteiger partial charge is 0.465 e. The van der Waals surface area contributed by atoms with Crippen molar-refractivity contribution in [3.8, 4) is 0 Å². The predicted molar refractivity (Wildman–Crippen MR) is 66.3 cm³/mol. The zero-order valence-corrected chi connectivity index (χ0v) is 9.63. The summed E-state index contributed by atoms with van der Waals surface area (Å²) in [7, 11) is 0. The summed E-state index contributed by atoms with van der Waals surface area (Å²) in [6.45, 7) is 0. The van der Waals surface area contributed by atoms with E-state index in [9.17, 15) is 4.79 Å². The molecule has 0 saturated heterocycles. The molecule has 0 unspecified atom stereocenters. The first-order valence-electron chi connectivity index (χ1n) is 5.89. The lowest BCUT2D eigenvalue weighted by Crippen LogP contribution is -2.24. The molecule has 1 saturated carbocycles. The number of hydrogen-bond acceptors (Lipinski definition) is 3. The molecular weight excluding hydrogens is 216 g/mol. The fraction of sp³-hybridized carbons (Fsp3) is 0.385. The molecule has 90 valence electrons. The molecule has 1 aromatic rings. The van der Waals surface area contributed by atoms with E-state index in [1.807, 2.05) is 12.1 Å². The minimum atomic E-state index is 0.0325. The van der Waals surface area contributed by atoms with E-state index >= 15 is 0 Å². The van der Waals surface area contributed by atoms with E-state index in [0.717, 1.165) is 31.4 Å². The summed E-state index contributed by atoms with van der Waals surface area (Å²) in [4.78, 5) is 11.6. The van der Waals surface area contributed by atoms with Gasteiger partial charge in [-0.1, -0.05) is 12.8 Å². The molecule has 0 radical (unpaired) electrons. The van der Waals surface area contributed by atoms with Gasteiger partial charge in [-0.25, -0.2) is 5.43 Å². The number of nitrogens with zero attached hydrogens (tertiary/aromatic N) is 1. The van der Waals surface area contributed by atoms with Crippen LogP contribution in [0.3, 0.4) is 0 Å². The summed E-state index contributed by atoms with van der Waals surface area (Å²) in [5, 5.41) is 3.86. The van der Waals surface area contributed by atoms with Crippen LogP contribution in [0.15, 0.2) is 34.0 Å². The van der Waals surface area contributed by atoms with Crippen LogP contribution in [0.2, 0.25) is 0 Å². The molecule has 1 aliphatic rings. The van der Waals surface area contributed by atoms with Crippen molar-refractivity contribution in [2.24, 2.45) is 11.0 Å². The van der Waals surface area contributed by atoms with Gasteiger partial charge in [-0.2, -0.15) is 5.10 Å². The van der Waals surface area contributed by atoms with Gasteiger partial charge in [0.05, 0.1) is 6.26 Å². The van der Waals surface area contributed by atoms with Crippen LogP contribution in [-0.2, 0) is 4.79 Å². The van der Waals surface area contributed by atoms with Crippen LogP contribution in [0.25, 0.3) is 6.08 Å². The van der Waals surface area contributed by atoms with Crippen LogP contribution in [0.5, 0.6) is 0 Å². The Morgan fingerprint density at radius 3 is 3.00 bits per heavy atom. The second-order valence-corrected chi connectivity index (χ2v) is 4.11. The van der Waals surface area contributed by atoms with Crippen LogP contribution in [0.1, 0.15) is 31.4 Å². The first kappa shape index (κ1) is 11.6. The maximum atomic E-state index is 11.6. The highest BCUT2D eigenvalue weighted by molar-refractivity contribution is 5.82. The number of hydrogen-bond donors (Lipinski definition) is 1. The number of rotatable bonds is 4. The zero-order valence-electron chi connectivity index (χ0n) is 9.63. The quantitative estimate of drug-likeness (QED) is 0.640. The lowest BCUT2D eigenvalue weighted by Gasteiger charge is -2.04. The molecular formula is C13H16N2O2. The third-order valence-corrected chi connectivity index (χ3v) is 2.86. The lowest BCUT2D eigenvalue weighted by atomic mass is 10.1. The molecule has 2 rings (SSSR count). The molecule has 4 nitrogen and oxygen atoms in total. The average molecular weight is 232 g/mol. The summed E-state index contributed by atoms with van der Waals surface area (Å²) in [5.41, 5.74) is 2.55. The molecule has 4 heteroatoms. The van der Waals surface area contributed by atoms with E-state index < -0.39 is 0 Å². The highest BCUT2D eigenvalue weighted by Crippen LogP contribution is 2.24. The summed E-state index contributed by atoms with van der Waals surface area (Å²) in [6.07, 6.45) is 11.0. The van der Waals surface area contributed by atoms with Gasteiger partial charge in [0.25, 0.3) is 0 Å². The Bertz CT molecular complexity index is 401. The first-order valence-corrected chi connectivity index (χ1v) is 5.89. The van der Waals surface area contributed by atoms with Crippen molar-refractivity contribution < 1.29 is 9.21 Å². The number of amides is 1. The normalized spacial score (nSPS) is 17.2. The topological polar surface area (TPSA) is 54.6 Å². The molecule has 0 aliphatic heterocycles. The van der Waals surface area contributed by atoms with E-state index in [2.05, 4.69) is 10.5 Å². The van der Waals surface area contributed by atoms with Gasteiger partial charge >= 0.3 is 0 Å². The van der Waals surface area contributed by atoms with Crippen molar-refractivity contribution in [2.45, 2.75) is 25.7 Å². The van der Waals surface area contributed by atoms with Gasteiger partial charge in [0.15, 0.2) is 0 Å². The number of carbonyl (C=O) groups excluding carboxylic acids is 1. The van der Waals surface area contributed by atoms with Crippen molar-refractivity contribution in [1.82, 2.24) is 5.43 Å². The van der Waals surface area contributed by atoms with Gasteiger partial charge in [0.1, 0.15) is 5.76 Å². The standard InChI is InChI=1S/C13H16N2O2/c16-13(11-5-1-2-6-11)15-14-9-3-7-12-8-4-10-17-12/h3-4,7-11H,1-2,5-6H2,(H,15,16)/b7-3+,14-9+. The second-order valence-electron chi connectivity index (χ2n) is 4.11. The number of carbonyl (C=O) groups is 1. The molecule has 1 N–H and O–H groups in total. The Balaban J connectivity index is 1.72. The summed E-state index contributed by atoms with van der Waals surface area (Å²) in [5.74, 6) is 0.949. The van der Waals surface area contributed by atoms with E-state index in [-0.39, 0.29) is 11.8 Å². The van der Waals surface area contributed by atoms with E-state index in [1.165, 1.54) is 0 Å². The first-order chi connectivity index (χ1) is 8.36. The highest BCUT2D eigenvalue weighted by atomic mass is 16.3. The molecule has 1 fully saturated rings. The predicted octanol–water partition coefficient (Wildman–Crippen LogP) is 2.59. The van der Waals surface area contributed by atoms with Crippen LogP contribution in [0.4, 0.5) is 0 Å². The van der Waals surface area contributed by atoms with Crippen LogP contribution in [0, 0.1) is 5.92 Å². The van der Waals surface area contributed by atoms with Gasteiger partial charge in [0.2, 0.25) is 5.91 Å². The van der Waals surface area contributed by atoms with Gasteiger partial charge in [-0.05, 0) is 37.1 Å². The minimum absolute atomic E-state index is 0.0325. The van der Waals surface area contributed by atoms with Gasteiger partial charge in [0, 0.05) is 12.1 Å². The Hall–Kier alpha value is -1.84. The lowest BCUT2D eigenvalue weighted by molar-refractivity contribution is -0.124. The molecule has 17 heavy (non-hydrogen) atoms. The molecule has 0 bridgehead atoms. The van der Waals surface area contributed by atoms with E-state index in [0.29, 0.717) is 0 Å². The third-order valence-electron chi connectivity index (χ3n) is 2.86. The molecule has 0 aromatic carbocycles. The van der Waals surface area contributed by atoms with Gasteiger partial charge in [-0.15, -0.1) is 0 Å². The second kappa shape index (κ2) is 6.03. The van der Waals surface area contributed by atoms with Crippen LogP contribution >= 0.6 is 0 Å². The SMILES string of the molecule is O=C(N/N=C/C=C/c1ccco1)C1CCCC1. The monoisotopic (exact) mass is 232 g/mol. The highest BCUT2D eigenvalue weighted by Gasteiger charge is 2.21. The minimum Gasteiger partial charge on any atom is -0.465 e. The molecule has 0 spiro atoms. The molecule has 1 aliphatic carbocycles. The van der Waals surface area contributed by atoms with Crippen LogP contribution < -0.4 is 5.43 Å². The Kier molecular flexibility index (Phi) is 4.13. The van der Waals surface area contributed by atoms with Crippen molar-refractivity contribution in [3.05, 3.63) is 30.2 Å². The van der Waals surface area contributed by atoms with Gasteiger partial charge in [-0.3, -0.25) is 4.79 Å². The maximum Gasteiger partial charge on any atom is 0.243 e. The number of hydrazone groups is 1. The van der Waals surface area contributed by atoms with Crippen molar-refractivity contribution in [1.29, 1.82) is 0 Å². The maximum absolute atomic E-state index is 11.6. The summed E-state index contributed by atoms with van der Waals surface area (Å²) in [6, 6.07) is 3.67. The van der Waals surface area contributed by atoms with Crippen molar-refractivity contribution in [3.63, 3.8) is 0 Å². The fourth-order valence-electron chi connectivity index (χ4n) is 1.95. The van der Waals surface area contributed by atoms with Crippen molar-refractivity contribution >= 4 is 18.2 Å². The molecule has 0 atom stereocenters. The Labute approximate surface area is 100 Å². The molecule has 1 aromatic heterocycles. The Morgan fingerprint density at radius 2 is 2.29 bits per heavy atom. The van der Waals surface area contributed by atoms with Gasteiger partial charge < -0.3 is 4.42 Å². The zero-order chi connectivity index (χ0) is 11.9. The number of furan rings is 1. The van der Waals surface area contributed by atoms with Crippen LogP contribution in [-0.4, -0.2) is 12.1 Å². The number of allylic oxidation sites excluding steroid dienone is 1. The average Bonchev–Trinajstić information content (AvgIpc) is 3.01. The molecule has 1 heterocycles. The third kappa shape index (κ3) is 3.59. The summed E-state index contributed by atoms with van der Waals surface area (Å²) >= 11 is 0. The Morgan fingerprint density at radius 1 is 1.47 bits per heavy atom. The van der Waals surface area contributed by atoms with E-state index in [4.69, 9.17) is 4.42 Å². The smallest absolute Gasteiger partial charge is 0.243 e. The molecule has 1 amide bonds. The van der Waals surface area contributed by atoms with Crippen molar-refractivity contribution in [2.75, 3.05) is 0 Å². The fourth-order valence-corrected chi connectivity index (χ4v) is 1.95.